The number of ether oxygens (including phenoxy) is 1. The van der Waals surface area contributed by atoms with Crippen LogP contribution in [0.3, 0.4) is 0 Å². The second kappa shape index (κ2) is 11.0. The Kier molecular flexibility index (Phi) is 7.28. The largest absolute Gasteiger partial charge is 0.467 e. The molecule has 6 rings (SSSR count). The minimum absolute atomic E-state index is 0.0459. The van der Waals surface area contributed by atoms with Crippen LogP contribution in [0.2, 0.25) is 0 Å². The van der Waals surface area contributed by atoms with Crippen LogP contribution < -0.4 is 10.9 Å². The molecule has 0 spiro atoms. The third kappa shape index (κ3) is 5.13. The number of amides is 1. The molecule has 1 atom stereocenters. The molecule has 202 valence electrons. The zero-order chi connectivity index (χ0) is 26.9. The van der Waals surface area contributed by atoms with Crippen molar-refractivity contribution in [1.29, 1.82) is 0 Å². The highest BCUT2D eigenvalue weighted by Crippen LogP contribution is 2.37. The highest BCUT2D eigenvalue weighted by molar-refractivity contribution is 7.99. The molecule has 1 aromatic carbocycles. The average molecular weight is 564 g/mol. The number of nitrogens with one attached hydrogen (secondary N) is 1. The van der Waals surface area contributed by atoms with Gasteiger partial charge in [-0.15, -0.1) is 21.5 Å². The van der Waals surface area contributed by atoms with Gasteiger partial charge in [0.2, 0.25) is 11.7 Å². The molecule has 0 unspecified atom stereocenters. The second-order valence-electron chi connectivity index (χ2n) is 9.94. The Hall–Kier alpha value is -3.41. The van der Waals surface area contributed by atoms with Crippen LogP contribution in [0.25, 0.3) is 16.0 Å². The number of thiophene rings is 1. The quantitative estimate of drug-likeness (QED) is 0.264. The normalized spacial score (nSPS) is 15.3. The van der Waals surface area contributed by atoms with Gasteiger partial charge in [-0.25, -0.2) is 4.40 Å². The zero-order valence-corrected chi connectivity index (χ0v) is 23.4. The van der Waals surface area contributed by atoms with E-state index in [1.165, 1.54) is 11.8 Å². The molecule has 1 aliphatic rings. The Balaban J connectivity index is 1.37. The Morgan fingerprint density at radius 2 is 2.05 bits per heavy atom. The molecule has 11 heteroatoms. The summed E-state index contributed by atoms with van der Waals surface area (Å²) in [6, 6.07) is 13.7. The van der Waals surface area contributed by atoms with E-state index >= 15 is 0 Å². The minimum Gasteiger partial charge on any atom is -0.467 e. The first-order chi connectivity index (χ1) is 19.0. The lowest BCUT2D eigenvalue weighted by atomic mass is 9.96. The van der Waals surface area contributed by atoms with E-state index in [1.807, 2.05) is 28.7 Å². The molecule has 1 aliphatic heterocycles. The first-order valence-corrected chi connectivity index (χ1v) is 14.8. The molecule has 5 heterocycles. The van der Waals surface area contributed by atoms with E-state index in [0.29, 0.717) is 60.5 Å². The number of hydrogen-bond donors (Lipinski definition) is 1. The Labute approximate surface area is 233 Å². The number of carbonyl (C=O) groups excluding carboxylic acids is 1. The van der Waals surface area contributed by atoms with Gasteiger partial charge in [0, 0.05) is 17.8 Å². The van der Waals surface area contributed by atoms with Crippen LogP contribution in [0.5, 0.6) is 0 Å². The molecule has 0 aliphatic carbocycles. The zero-order valence-electron chi connectivity index (χ0n) is 21.8. The summed E-state index contributed by atoms with van der Waals surface area (Å²) in [4.78, 5) is 28.5. The van der Waals surface area contributed by atoms with Gasteiger partial charge < -0.3 is 14.5 Å². The van der Waals surface area contributed by atoms with E-state index in [9.17, 15) is 9.59 Å². The highest BCUT2D eigenvalue weighted by atomic mass is 32.2. The molecule has 1 N–H and O–H groups in total. The second-order valence-corrected chi connectivity index (χ2v) is 12.0. The summed E-state index contributed by atoms with van der Waals surface area (Å²) in [6.07, 6.45) is 3.04. The molecule has 9 nitrogen and oxygen atoms in total. The van der Waals surface area contributed by atoms with Crippen molar-refractivity contribution in [3.8, 4) is 0 Å². The van der Waals surface area contributed by atoms with Gasteiger partial charge in [0.25, 0.3) is 5.56 Å². The molecule has 0 radical (unpaired) electrons. The molecule has 0 bridgehead atoms. The monoisotopic (exact) mass is 563 g/mol. The van der Waals surface area contributed by atoms with Gasteiger partial charge in [-0.1, -0.05) is 55.9 Å². The number of thioether (sulfide) groups is 1. The van der Waals surface area contributed by atoms with Gasteiger partial charge in [0.15, 0.2) is 5.16 Å². The lowest BCUT2D eigenvalue weighted by molar-refractivity contribution is -0.118. The molecule has 0 saturated carbocycles. The molecule has 0 saturated heterocycles. The van der Waals surface area contributed by atoms with E-state index in [4.69, 9.17) is 9.15 Å². The number of carbonyl (C=O) groups is 1. The number of nitrogens with zero attached hydrogens (tertiary/aromatic N) is 4. The van der Waals surface area contributed by atoms with Crippen molar-refractivity contribution in [2.24, 2.45) is 5.92 Å². The highest BCUT2D eigenvalue weighted by Gasteiger charge is 2.30. The fourth-order valence-corrected chi connectivity index (χ4v) is 6.94. The summed E-state index contributed by atoms with van der Waals surface area (Å²) in [5.41, 5.74) is 2.17. The number of fused-ring (bicyclic) bond motifs is 5. The van der Waals surface area contributed by atoms with E-state index in [1.54, 1.807) is 28.2 Å². The molecule has 4 aromatic heterocycles. The summed E-state index contributed by atoms with van der Waals surface area (Å²) < 4.78 is 15.1. The van der Waals surface area contributed by atoms with Crippen LogP contribution in [0, 0.1) is 5.92 Å². The van der Waals surface area contributed by atoms with Crippen molar-refractivity contribution in [3.05, 3.63) is 80.8 Å². The average Bonchev–Trinajstić information content (AvgIpc) is 3.69. The Bertz CT molecular complexity index is 1670. The van der Waals surface area contributed by atoms with E-state index in [0.717, 1.165) is 20.8 Å². The number of aromatic nitrogens is 4. The van der Waals surface area contributed by atoms with E-state index in [-0.39, 0.29) is 23.3 Å². The van der Waals surface area contributed by atoms with Crippen LogP contribution in [0.4, 0.5) is 0 Å². The van der Waals surface area contributed by atoms with Gasteiger partial charge >= 0.3 is 0 Å². The molecule has 39 heavy (non-hydrogen) atoms. The number of benzene rings is 1. The summed E-state index contributed by atoms with van der Waals surface area (Å²) in [6.45, 7) is 5.58. The van der Waals surface area contributed by atoms with Gasteiger partial charge in [-0.3, -0.25) is 14.2 Å². The molecule has 1 amide bonds. The number of hydrogen-bond acceptors (Lipinski definition) is 8. The third-order valence-electron chi connectivity index (χ3n) is 7.01. The summed E-state index contributed by atoms with van der Waals surface area (Å²) >= 11 is 2.86. The van der Waals surface area contributed by atoms with Crippen molar-refractivity contribution >= 4 is 45.0 Å². The lowest BCUT2D eigenvalue weighted by Crippen LogP contribution is -2.29. The SMILES string of the molecule is CC(C)[C@H]1Cc2c(sc3c2c(=O)n(CCc2ccccc2)c2nnc(SCC(=O)NCc4ccco4)n32)CO1. The smallest absolute Gasteiger partial charge is 0.263 e. The molecular formula is C28H29N5O4S2. The van der Waals surface area contributed by atoms with Gasteiger partial charge in [0.05, 0.1) is 36.7 Å². The van der Waals surface area contributed by atoms with E-state index < -0.39 is 0 Å². The molecular weight excluding hydrogens is 534 g/mol. The van der Waals surface area contributed by atoms with Crippen LogP contribution in [-0.4, -0.2) is 36.9 Å². The van der Waals surface area contributed by atoms with Crippen LogP contribution in [-0.2, 0) is 42.1 Å². The van der Waals surface area contributed by atoms with Crippen molar-refractivity contribution in [3.63, 3.8) is 0 Å². The first-order valence-electron chi connectivity index (χ1n) is 13.0. The lowest BCUT2D eigenvalue weighted by Gasteiger charge is -2.26. The number of aryl methyl sites for hydroxylation is 2. The van der Waals surface area contributed by atoms with Gasteiger partial charge in [0.1, 0.15) is 10.6 Å². The summed E-state index contributed by atoms with van der Waals surface area (Å²) in [5.74, 6) is 1.55. The maximum atomic E-state index is 14.0. The number of rotatable bonds is 9. The maximum absolute atomic E-state index is 14.0. The topological polar surface area (TPSA) is 104 Å². The third-order valence-corrected chi connectivity index (χ3v) is 9.13. The molecule has 0 fully saturated rings. The summed E-state index contributed by atoms with van der Waals surface area (Å²) in [7, 11) is 0. The van der Waals surface area contributed by atoms with Gasteiger partial charge in [-0.05, 0) is 35.6 Å². The van der Waals surface area contributed by atoms with Gasteiger partial charge in [-0.2, -0.15) is 0 Å². The van der Waals surface area contributed by atoms with Crippen LogP contribution in [0.1, 0.15) is 35.6 Å². The summed E-state index contributed by atoms with van der Waals surface area (Å²) in [5, 5.41) is 13.0. The Morgan fingerprint density at radius 1 is 1.21 bits per heavy atom. The van der Waals surface area contributed by atoms with Crippen molar-refractivity contribution in [2.45, 2.75) is 57.6 Å². The number of furan rings is 1. The van der Waals surface area contributed by atoms with E-state index in [2.05, 4.69) is 41.5 Å². The van der Waals surface area contributed by atoms with Crippen molar-refractivity contribution in [2.75, 3.05) is 5.75 Å². The molecule has 5 aromatic rings. The minimum atomic E-state index is -0.138. The standard InChI is InChI=1S/C28H29N5O4S2/c1-17(2)21-13-20-22(15-37-21)39-26-24(20)25(35)32(11-10-18-7-4-3-5-8-18)27-30-31-28(33(26)27)38-16-23(34)29-14-19-9-6-12-36-19/h3-9,12,17,21H,10-11,13-16H2,1-2H3,(H,29,34)/t21-/m1/s1. The first kappa shape index (κ1) is 25.8. The van der Waals surface area contributed by atoms with Crippen molar-refractivity contribution in [1.82, 2.24) is 24.5 Å². The maximum Gasteiger partial charge on any atom is 0.263 e. The Morgan fingerprint density at radius 3 is 2.82 bits per heavy atom. The fraction of sp³-hybridized carbons (Fsp3) is 0.357. The predicted molar refractivity (Wildman–Crippen MR) is 151 cm³/mol. The predicted octanol–water partition coefficient (Wildman–Crippen LogP) is 4.45. The van der Waals surface area contributed by atoms with Crippen LogP contribution in [0.15, 0.2) is 63.1 Å². The van der Waals surface area contributed by atoms with Crippen LogP contribution >= 0.6 is 23.1 Å². The van der Waals surface area contributed by atoms with Crippen molar-refractivity contribution < 1.29 is 13.9 Å². The fourth-order valence-electron chi connectivity index (χ4n) is 4.88.